The Morgan fingerprint density at radius 1 is 1.80 bits per heavy atom. The molecule has 1 aliphatic heterocycles. The Kier molecular flexibility index (Phi) is 2.91. The van der Waals surface area contributed by atoms with Crippen molar-refractivity contribution in [2.45, 2.75) is 17.1 Å². The van der Waals surface area contributed by atoms with Gasteiger partial charge in [0.05, 0.1) is 5.25 Å². The zero-order chi connectivity index (χ0) is 7.56. The molecule has 3 unspecified atom stereocenters. The Morgan fingerprint density at radius 2 is 2.50 bits per heavy atom. The van der Waals surface area contributed by atoms with Gasteiger partial charge in [-0.15, -0.1) is 11.8 Å². The van der Waals surface area contributed by atoms with Crippen molar-refractivity contribution in [3.8, 4) is 0 Å². The van der Waals surface area contributed by atoms with Gasteiger partial charge in [0, 0.05) is 0 Å². The number of hydrogen-bond donors (Lipinski definition) is 2. The SMILES string of the molecule is O=S(O)C(O)C1CC=CS1. The fraction of sp³-hybridized carbons (Fsp3) is 0.600. The molecule has 2 N–H and O–H groups in total. The number of rotatable bonds is 2. The summed E-state index contributed by atoms with van der Waals surface area (Å²) in [7, 11) is 0. The average Bonchev–Trinajstić information content (AvgIpc) is 2.36. The van der Waals surface area contributed by atoms with Crippen molar-refractivity contribution in [3.63, 3.8) is 0 Å². The quantitative estimate of drug-likeness (QED) is 0.609. The third-order valence-corrected chi connectivity index (χ3v) is 3.31. The molecule has 1 rings (SSSR count). The largest absolute Gasteiger partial charge is 0.376 e. The van der Waals surface area contributed by atoms with Gasteiger partial charge in [-0.3, -0.25) is 0 Å². The predicted octanol–water partition coefficient (Wildman–Crippen LogP) is 0.546. The van der Waals surface area contributed by atoms with E-state index in [1.165, 1.54) is 11.8 Å². The van der Waals surface area contributed by atoms with E-state index in [-0.39, 0.29) is 5.25 Å². The lowest BCUT2D eigenvalue weighted by Gasteiger charge is -2.11. The minimum atomic E-state index is -2.11. The smallest absolute Gasteiger partial charge is 0.183 e. The molecule has 0 saturated carbocycles. The van der Waals surface area contributed by atoms with E-state index in [0.29, 0.717) is 6.42 Å². The molecular weight excluding hydrogens is 172 g/mol. The third kappa shape index (κ3) is 1.82. The van der Waals surface area contributed by atoms with Crippen molar-refractivity contribution in [2.75, 3.05) is 0 Å². The Balaban J connectivity index is 2.42. The van der Waals surface area contributed by atoms with Gasteiger partial charge in [-0.2, -0.15) is 0 Å². The molecule has 0 bridgehead atoms. The van der Waals surface area contributed by atoms with Gasteiger partial charge in [-0.1, -0.05) is 6.08 Å². The number of aliphatic hydroxyl groups excluding tert-OH is 1. The van der Waals surface area contributed by atoms with Crippen LogP contribution in [0.1, 0.15) is 6.42 Å². The molecule has 3 atom stereocenters. The molecule has 0 saturated heterocycles. The Morgan fingerprint density at radius 3 is 2.90 bits per heavy atom. The first kappa shape index (κ1) is 8.26. The highest BCUT2D eigenvalue weighted by atomic mass is 32.2. The van der Waals surface area contributed by atoms with Crippen LogP contribution in [0.4, 0.5) is 0 Å². The van der Waals surface area contributed by atoms with Crippen LogP contribution >= 0.6 is 11.8 Å². The minimum absolute atomic E-state index is 0.133. The molecule has 0 aliphatic carbocycles. The molecule has 0 aromatic carbocycles. The standard InChI is InChI=1S/C5H8O3S2/c6-5(10(7)8)4-2-1-3-9-4/h1,3-6H,2H2,(H,7,8). The molecule has 1 aliphatic rings. The number of allylic oxidation sites excluding steroid dienone is 1. The first-order valence-electron chi connectivity index (χ1n) is 2.80. The molecule has 58 valence electrons. The van der Waals surface area contributed by atoms with Gasteiger partial charge in [0.1, 0.15) is 0 Å². The van der Waals surface area contributed by atoms with Crippen LogP contribution in [-0.2, 0) is 11.1 Å². The van der Waals surface area contributed by atoms with E-state index in [4.69, 9.17) is 9.66 Å². The molecule has 5 heteroatoms. The van der Waals surface area contributed by atoms with Crippen molar-refractivity contribution < 1.29 is 13.9 Å². The summed E-state index contributed by atoms with van der Waals surface area (Å²) in [6.45, 7) is 0. The molecule has 0 aromatic heterocycles. The minimum Gasteiger partial charge on any atom is -0.376 e. The van der Waals surface area contributed by atoms with Crippen molar-refractivity contribution >= 4 is 22.8 Å². The van der Waals surface area contributed by atoms with Crippen LogP contribution in [-0.4, -0.2) is 24.6 Å². The van der Waals surface area contributed by atoms with Crippen molar-refractivity contribution in [3.05, 3.63) is 11.5 Å². The summed E-state index contributed by atoms with van der Waals surface area (Å²) >= 11 is -0.710. The summed E-state index contributed by atoms with van der Waals surface area (Å²) in [4.78, 5) is 0. The molecular formula is C5H8O3S2. The van der Waals surface area contributed by atoms with Gasteiger partial charge >= 0.3 is 0 Å². The Bertz CT molecular complexity index is 160. The summed E-state index contributed by atoms with van der Waals surface area (Å²) in [5, 5.41) is 10.7. The Hall–Kier alpha value is 0.160. The molecule has 0 aromatic rings. The van der Waals surface area contributed by atoms with E-state index >= 15 is 0 Å². The van der Waals surface area contributed by atoms with Crippen LogP contribution < -0.4 is 0 Å². The molecule has 0 radical (unpaired) electrons. The van der Waals surface area contributed by atoms with Crippen LogP contribution in [0, 0.1) is 0 Å². The van der Waals surface area contributed by atoms with E-state index in [1.807, 2.05) is 11.5 Å². The van der Waals surface area contributed by atoms with Crippen LogP contribution in [0.15, 0.2) is 11.5 Å². The summed E-state index contributed by atoms with van der Waals surface area (Å²) < 4.78 is 18.8. The first-order valence-corrected chi connectivity index (χ1v) is 4.91. The van der Waals surface area contributed by atoms with Gasteiger partial charge in [-0.25, -0.2) is 4.21 Å². The third-order valence-electron chi connectivity index (χ3n) is 1.24. The summed E-state index contributed by atoms with van der Waals surface area (Å²) in [5.41, 5.74) is -1.11. The second-order valence-electron chi connectivity index (χ2n) is 1.95. The van der Waals surface area contributed by atoms with Crippen LogP contribution in [0.5, 0.6) is 0 Å². The number of aliphatic hydroxyl groups is 1. The summed E-state index contributed by atoms with van der Waals surface area (Å²) in [6, 6.07) is 0. The fourth-order valence-electron chi connectivity index (χ4n) is 0.715. The lowest BCUT2D eigenvalue weighted by atomic mass is 10.3. The van der Waals surface area contributed by atoms with Crippen LogP contribution in [0.25, 0.3) is 0 Å². The number of thioether (sulfide) groups is 1. The first-order chi connectivity index (χ1) is 4.72. The second kappa shape index (κ2) is 3.52. The average molecular weight is 180 g/mol. The molecule has 0 spiro atoms. The predicted molar refractivity (Wildman–Crippen MR) is 41.9 cm³/mol. The van der Waals surface area contributed by atoms with Gasteiger partial charge in [0.25, 0.3) is 0 Å². The topological polar surface area (TPSA) is 57.5 Å². The molecule has 3 nitrogen and oxygen atoms in total. The van der Waals surface area contributed by atoms with Crippen molar-refractivity contribution in [1.82, 2.24) is 0 Å². The lowest BCUT2D eigenvalue weighted by Crippen LogP contribution is -2.25. The van der Waals surface area contributed by atoms with E-state index in [9.17, 15) is 4.21 Å². The maximum Gasteiger partial charge on any atom is 0.183 e. The summed E-state index contributed by atoms with van der Waals surface area (Å²) in [5.74, 6) is 0. The monoisotopic (exact) mass is 180 g/mol. The van der Waals surface area contributed by atoms with E-state index in [0.717, 1.165) is 0 Å². The second-order valence-corrected chi connectivity index (χ2v) is 4.13. The van der Waals surface area contributed by atoms with E-state index in [2.05, 4.69) is 0 Å². The van der Waals surface area contributed by atoms with Crippen molar-refractivity contribution in [1.29, 1.82) is 0 Å². The van der Waals surface area contributed by atoms with Crippen molar-refractivity contribution in [2.24, 2.45) is 0 Å². The van der Waals surface area contributed by atoms with Crippen LogP contribution in [0.2, 0.25) is 0 Å². The van der Waals surface area contributed by atoms with Crippen LogP contribution in [0.3, 0.4) is 0 Å². The number of hydrogen-bond acceptors (Lipinski definition) is 3. The van der Waals surface area contributed by atoms with E-state index in [1.54, 1.807) is 0 Å². The highest BCUT2D eigenvalue weighted by Gasteiger charge is 2.24. The van der Waals surface area contributed by atoms with E-state index < -0.39 is 16.5 Å². The molecule has 1 heterocycles. The normalized spacial score (nSPS) is 30.4. The maximum atomic E-state index is 10.3. The molecule has 0 fully saturated rings. The summed E-state index contributed by atoms with van der Waals surface area (Å²) in [6.07, 6.45) is 2.56. The maximum absolute atomic E-state index is 10.3. The van der Waals surface area contributed by atoms with Gasteiger partial charge in [0.15, 0.2) is 16.5 Å². The lowest BCUT2D eigenvalue weighted by molar-refractivity contribution is 0.243. The molecule has 10 heavy (non-hydrogen) atoms. The van der Waals surface area contributed by atoms with Gasteiger partial charge in [-0.05, 0) is 11.8 Å². The zero-order valence-electron chi connectivity index (χ0n) is 5.14. The Labute approximate surface area is 65.8 Å². The van der Waals surface area contributed by atoms with Gasteiger partial charge in [0.2, 0.25) is 0 Å². The fourth-order valence-corrected chi connectivity index (χ4v) is 2.34. The zero-order valence-corrected chi connectivity index (χ0v) is 6.77. The highest BCUT2D eigenvalue weighted by molar-refractivity contribution is 8.03. The van der Waals surface area contributed by atoms with Gasteiger partial charge < -0.3 is 9.66 Å². The molecule has 0 amide bonds. The highest BCUT2D eigenvalue weighted by Crippen LogP contribution is 2.27.